The number of hydrogen-bond acceptors (Lipinski definition) is 5. The predicted octanol–water partition coefficient (Wildman–Crippen LogP) is 2.69. The van der Waals surface area contributed by atoms with Gasteiger partial charge in [-0.2, -0.15) is 0 Å². The van der Waals surface area contributed by atoms with Crippen molar-refractivity contribution in [2.75, 3.05) is 13.2 Å². The van der Waals surface area contributed by atoms with Gasteiger partial charge < -0.3 is 20.8 Å². The second kappa shape index (κ2) is 6.75. The summed E-state index contributed by atoms with van der Waals surface area (Å²) in [4.78, 5) is 5.31. The lowest BCUT2D eigenvalue weighted by atomic mass is 9.44. The first kappa shape index (κ1) is 18.7. The van der Waals surface area contributed by atoms with Gasteiger partial charge in [-0.15, -0.1) is 0 Å². The van der Waals surface area contributed by atoms with E-state index in [2.05, 4.69) is 19.0 Å². The van der Waals surface area contributed by atoms with Crippen molar-refractivity contribution in [3.05, 3.63) is 0 Å². The summed E-state index contributed by atoms with van der Waals surface area (Å²) in [5.41, 5.74) is 6.83. The van der Waals surface area contributed by atoms with Gasteiger partial charge in [0.15, 0.2) is 0 Å². The average Bonchev–Trinajstić information content (AvgIpc) is 2.92. The molecule has 0 aromatic heterocycles. The van der Waals surface area contributed by atoms with Gasteiger partial charge in [-0.05, 0) is 85.9 Å². The van der Waals surface area contributed by atoms with E-state index in [1.54, 1.807) is 0 Å². The Labute approximate surface area is 157 Å². The molecule has 0 radical (unpaired) electrons. The normalized spacial score (nSPS) is 52.3. The molecule has 0 heterocycles. The molecule has 4 saturated carbocycles. The summed E-state index contributed by atoms with van der Waals surface area (Å²) in [6, 6.07) is 0. The summed E-state index contributed by atoms with van der Waals surface area (Å²) in [5.74, 6) is 2.10. The van der Waals surface area contributed by atoms with Crippen molar-refractivity contribution in [1.29, 1.82) is 0 Å². The van der Waals surface area contributed by atoms with E-state index in [-0.39, 0.29) is 29.0 Å². The summed E-state index contributed by atoms with van der Waals surface area (Å²) in [7, 11) is 0. The zero-order valence-corrected chi connectivity index (χ0v) is 16.4. The Balaban J connectivity index is 1.55. The van der Waals surface area contributed by atoms with Crippen molar-refractivity contribution < 1.29 is 15.1 Å². The molecule has 0 amide bonds. The topological polar surface area (TPSA) is 88.1 Å². The van der Waals surface area contributed by atoms with Gasteiger partial charge in [-0.3, -0.25) is 0 Å². The van der Waals surface area contributed by atoms with Gasteiger partial charge in [0, 0.05) is 6.54 Å². The van der Waals surface area contributed by atoms with Crippen LogP contribution in [-0.4, -0.2) is 41.3 Å². The third kappa shape index (κ3) is 2.73. The highest BCUT2D eigenvalue weighted by atomic mass is 16.6. The molecule has 0 aliphatic heterocycles. The second-order valence-electron chi connectivity index (χ2n) is 9.91. The Morgan fingerprint density at radius 2 is 1.85 bits per heavy atom. The van der Waals surface area contributed by atoms with Crippen molar-refractivity contribution in [2.24, 2.45) is 45.4 Å². The smallest absolute Gasteiger partial charge is 0.129 e. The minimum atomic E-state index is -0.263. The Hall–Kier alpha value is -0.650. The highest BCUT2D eigenvalue weighted by Crippen LogP contribution is 2.65. The van der Waals surface area contributed by atoms with Crippen LogP contribution >= 0.6 is 0 Å². The minimum absolute atomic E-state index is 0.0709. The molecular formula is C21H36N2O3. The molecule has 0 aromatic carbocycles. The Kier molecular flexibility index (Phi) is 4.85. The number of oxime groups is 1. The molecule has 0 unspecified atom stereocenters. The van der Waals surface area contributed by atoms with Gasteiger partial charge in [0.1, 0.15) is 6.61 Å². The molecule has 4 aliphatic rings. The van der Waals surface area contributed by atoms with Crippen LogP contribution in [-0.2, 0) is 4.84 Å². The van der Waals surface area contributed by atoms with Crippen LogP contribution in [0.5, 0.6) is 0 Å². The highest BCUT2D eigenvalue weighted by molar-refractivity contribution is 5.85. The zero-order chi connectivity index (χ0) is 18.5. The molecular weight excluding hydrogens is 328 g/mol. The first-order valence-electron chi connectivity index (χ1n) is 10.6. The van der Waals surface area contributed by atoms with Crippen molar-refractivity contribution in [3.63, 3.8) is 0 Å². The maximum absolute atomic E-state index is 11.1. The van der Waals surface area contributed by atoms with E-state index in [4.69, 9.17) is 10.6 Å². The highest BCUT2D eigenvalue weighted by Gasteiger charge is 2.61. The van der Waals surface area contributed by atoms with Gasteiger partial charge in [0.05, 0.1) is 17.9 Å². The fourth-order valence-electron chi connectivity index (χ4n) is 7.35. The van der Waals surface area contributed by atoms with Gasteiger partial charge in [-0.25, -0.2) is 0 Å². The van der Waals surface area contributed by atoms with Crippen LogP contribution in [0.25, 0.3) is 0 Å². The van der Waals surface area contributed by atoms with E-state index in [1.165, 1.54) is 6.42 Å². The second-order valence-corrected chi connectivity index (χ2v) is 9.91. The quantitative estimate of drug-likeness (QED) is 0.531. The molecule has 4 aliphatic carbocycles. The largest absolute Gasteiger partial charge is 0.395 e. The molecule has 4 fully saturated rings. The molecule has 0 aromatic rings. The van der Waals surface area contributed by atoms with Gasteiger partial charge in [-0.1, -0.05) is 19.0 Å². The van der Waals surface area contributed by atoms with Crippen LogP contribution in [0, 0.1) is 34.5 Å². The zero-order valence-electron chi connectivity index (χ0n) is 16.4. The van der Waals surface area contributed by atoms with E-state index in [1.807, 2.05) is 0 Å². The van der Waals surface area contributed by atoms with Crippen LogP contribution in [0.1, 0.15) is 65.2 Å². The van der Waals surface area contributed by atoms with E-state index in [0.717, 1.165) is 50.7 Å². The molecule has 8 atom stereocenters. The first-order chi connectivity index (χ1) is 12.4. The number of rotatable bonds is 3. The van der Waals surface area contributed by atoms with Crippen LogP contribution in [0.2, 0.25) is 0 Å². The van der Waals surface area contributed by atoms with Crippen LogP contribution < -0.4 is 5.73 Å². The van der Waals surface area contributed by atoms with Crippen LogP contribution in [0.4, 0.5) is 0 Å². The van der Waals surface area contributed by atoms with Gasteiger partial charge in [0.2, 0.25) is 0 Å². The molecule has 4 N–H and O–H groups in total. The number of nitrogens with two attached hydrogens (primary N) is 1. The van der Waals surface area contributed by atoms with Crippen molar-refractivity contribution >= 4 is 5.71 Å². The molecule has 148 valence electrons. The Morgan fingerprint density at radius 3 is 2.62 bits per heavy atom. The maximum Gasteiger partial charge on any atom is 0.129 e. The van der Waals surface area contributed by atoms with Crippen LogP contribution in [0.3, 0.4) is 0 Å². The van der Waals surface area contributed by atoms with Crippen molar-refractivity contribution in [3.8, 4) is 0 Å². The third-order valence-electron chi connectivity index (χ3n) is 8.87. The van der Waals surface area contributed by atoms with Crippen molar-refractivity contribution in [1.82, 2.24) is 0 Å². The lowest BCUT2D eigenvalue weighted by Crippen LogP contribution is -2.58. The van der Waals surface area contributed by atoms with E-state index in [0.29, 0.717) is 30.9 Å². The molecule has 4 rings (SSSR count). The van der Waals surface area contributed by atoms with E-state index < -0.39 is 0 Å². The van der Waals surface area contributed by atoms with Gasteiger partial charge in [0.25, 0.3) is 0 Å². The maximum atomic E-state index is 11.1. The summed E-state index contributed by atoms with van der Waals surface area (Å²) < 4.78 is 0. The summed E-state index contributed by atoms with van der Waals surface area (Å²) in [5, 5.41) is 26.0. The standard InChI is InChI=1S/C21H36N2O3/c1-20-7-5-13(23-26-10-9-22)11-17(20)18(24)12-14-15-3-4-19(25)21(15,2)8-6-16(14)20/h14-19,24-25H,3-12,22H2,1-2H3/b23-13+/t14-,15-,16-,17-,18-,19-,20+,21-/m0/s1. The fourth-order valence-corrected chi connectivity index (χ4v) is 7.35. The van der Waals surface area contributed by atoms with Crippen molar-refractivity contribution in [2.45, 2.75) is 77.4 Å². The summed E-state index contributed by atoms with van der Waals surface area (Å²) in [6.45, 7) is 5.66. The molecule has 0 spiro atoms. The molecule has 26 heavy (non-hydrogen) atoms. The molecule has 5 nitrogen and oxygen atoms in total. The summed E-state index contributed by atoms with van der Waals surface area (Å²) >= 11 is 0. The lowest BCUT2D eigenvalue weighted by molar-refractivity contribution is -0.153. The number of nitrogens with zero attached hydrogens (tertiary/aromatic N) is 1. The third-order valence-corrected chi connectivity index (χ3v) is 8.87. The Morgan fingerprint density at radius 1 is 1.08 bits per heavy atom. The summed E-state index contributed by atoms with van der Waals surface area (Å²) in [6.07, 6.45) is 7.81. The monoisotopic (exact) mass is 364 g/mol. The average molecular weight is 365 g/mol. The minimum Gasteiger partial charge on any atom is -0.395 e. The molecule has 5 heteroatoms. The number of hydrogen-bond donors (Lipinski definition) is 3. The SMILES string of the molecule is C[C@]12CC/C(=N\OCCN)C[C@H]1[C@@H](O)C[C@@H]1[C@@H]2CC[C@]2(C)[C@@H](O)CC[C@@H]12. The number of aliphatic hydroxyl groups excluding tert-OH is 2. The molecule has 0 bridgehead atoms. The van der Waals surface area contributed by atoms with E-state index in [9.17, 15) is 10.2 Å². The first-order valence-corrected chi connectivity index (χ1v) is 10.6. The fraction of sp³-hybridized carbons (Fsp3) is 0.952. The molecule has 0 saturated heterocycles. The Bertz CT molecular complexity index is 567. The lowest BCUT2D eigenvalue weighted by Gasteiger charge is -2.61. The number of aliphatic hydroxyl groups is 2. The predicted molar refractivity (Wildman–Crippen MR) is 102 cm³/mol. The van der Waals surface area contributed by atoms with Gasteiger partial charge >= 0.3 is 0 Å². The van der Waals surface area contributed by atoms with Crippen LogP contribution in [0.15, 0.2) is 5.16 Å². The number of fused-ring (bicyclic) bond motifs is 5. The van der Waals surface area contributed by atoms with E-state index >= 15 is 0 Å².